The highest BCUT2D eigenvalue weighted by Gasteiger charge is 2.45. The predicted octanol–water partition coefficient (Wildman–Crippen LogP) is 0.247. The van der Waals surface area contributed by atoms with Gasteiger partial charge in [-0.15, -0.1) is 0 Å². The molecule has 2 saturated heterocycles. The Hall–Kier alpha value is -2.38. The van der Waals surface area contributed by atoms with Crippen LogP contribution >= 0.6 is 0 Å². The largest absolute Gasteiger partial charge is 0.481 e. The highest BCUT2D eigenvalue weighted by atomic mass is 16.5. The minimum Gasteiger partial charge on any atom is -0.481 e. The number of methoxy groups -OCH3 is 1. The van der Waals surface area contributed by atoms with Crippen molar-refractivity contribution in [3.05, 3.63) is 18.1 Å². The molecule has 1 N–H and O–H groups in total. The summed E-state index contributed by atoms with van der Waals surface area (Å²) in [5.74, 6) is 1.03. The van der Waals surface area contributed by atoms with Gasteiger partial charge in [0.25, 0.3) is 0 Å². The molecule has 0 aliphatic carbocycles. The molecular formula is C15H21N5O3. The summed E-state index contributed by atoms with van der Waals surface area (Å²) in [5, 5.41) is 2.84. The Balaban J connectivity index is 1.62. The van der Waals surface area contributed by atoms with Crippen molar-refractivity contribution >= 4 is 11.9 Å². The molecule has 0 spiro atoms. The van der Waals surface area contributed by atoms with E-state index in [1.807, 2.05) is 0 Å². The molecule has 1 aromatic heterocycles. The average molecular weight is 319 g/mol. The molecule has 3 amide bonds. The summed E-state index contributed by atoms with van der Waals surface area (Å²) in [4.78, 5) is 36.3. The van der Waals surface area contributed by atoms with E-state index in [4.69, 9.17) is 4.74 Å². The molecule has 0 unspecified atom stereocenters. The molecule has 0 radical (unpaired) electrons. The lowest BCUT2D eigenvalue weighted by Gasteiger charge is -2.35. The van der Waals surface area contributed by atoms with Gasteiger partial charge in [-0.05, 0) is 12.8 Å². The van der Waals surface area contributed by atoms with Gasteiger partial charge in [0, 0.05) is 32.4 Å². The van der Waals surface area contributed by atoms with Gasteiger partial charge in [-0.2, -0.15) is 4.98 Å². The summed E-state index contributed by atoms with van der Waals surface area (Å²) in [6, 6.07) is 1.45. The number of carbonyl (C=O) groups excluding carboxylic acids is 2. The Bertz CT molecular complexity index is 609. The van der Waals surface area contributed by atoms with Gasteiger partial charge in [0.1, 0.15) is 0 Å². The van der Waals surface area contributed by atoms with E-state index in [0.717, 1.165) is 12.8 Å². The van der Waals surface area contributed by atoms with Crippen LogP contribution in [0.2, 0.25) is 0 Å². The van der Waals surface area contributed by atoms with Gasteiger partial charge in [0.2, 0.25) is 11.8 Å². The molecule has 2 atom stereocenters. The molecule has 3 rings (SSSR count). The predicted molar refractivity (Wildman–Crippen MR) is 81.7 cm³/mol. The number of nitrogens with zero attached hydrogens (tertiary/aromatic N) is 4. The lowest BCUT2D eigenvalue weighted by atomic mass is 9.92. The van der Waals surface area contributed by atoms with Crippen LogP contribution in [0.15, 0.2) is 12.3 Å². The molecular weight excluding hydrogens is 298 g/mol. The quantitative estimate of drug-likeness (QED) is 0.863. The second kappa shape index (κ2) is 6.39. The third-order valence-corrected chi connectivity index (χ3v) is 4.48. The number of amides is 3. The van der Waals surface area contributed by atoms with Gasteiger partial charge in [0.05, 0.1) is 25.6 Å². The first-order chi connectivity index (χ1) is 11.1. The molecule has 23 heavy (non-hydrogen) atoms. The van der Waals surface area contributed by atoms with Crippen LogP contribution in [0.5, 0.6) is 5.88 Å². The molecule has 2 fully saturated rings. The van der Waals surface area contributed by atoms with Crippen molar-refractivity contribution in [2.24, 2.45) is 5.92 Å². The monoisotopic (exact) mass is 319 g/mol. The third-order valence-electron chi connectivity index (χ3n) is 4.48. The Morgan fingerprint density at radius 3 is 3.13 bits per heavy atom. The molecule has 2 aliphatic heterocycles. The Labute approximate surface area is 134 Å². The Kier molecular flexibility index (Phi) is 4.31. The first kappa shape index (κ1) is 15.5. The maximum Gasteiger partial charge on any atom is 0.318 e. The second-order valence-corrected chi connectivity index (χ2v) is 5.90. The van der Waals surface area contributed by atoms with E-state index in [1.165, 1.54) is 7.11 Å². The van der Waals surface area contributed by atoms with Crippen molar-refractivity contribution < 1.29 is 14.3 Å². The van der Waals surface area contributed by atoms with Gasteiger partial charge in [-0.25, -0.2) is 9.78 Å². The number of ether oxygens (including phenoxy) is 1. The van der Waals surface area contributed by atoms with Crippen LogP contribution in [0.25, 0.3) is 0 Å². The lowest BCUT2D eigenvalue weighted by molar-refractivity contribution is -0.130. The number of urea groups is 1. The van der Waals surface area contributed by atoms with Crippen LogP contribution in [0, 0.1) is 5.92 Å². The Morgan fingerprint density at radius 2 is 2.35 bits per heavy atom. The number of carbonyl (C=O) groups is 2. The zero-order chi connectivity index (χ0) is 16.4. The molecule has 1 aromatic rings. The highest BCUT2D eigenvalue weighted by molar-refractivity contribution is 5.84. The SMILES string of the molecule is COc1ccnc(CNC(=O)N2CCC[C@H]3C(=O)N(C)C[C@H]32)n1. The van der Waals surface area contributed by atoms with Gasteiger partial charge in [-0.1, -0.05) is 0 Å². The topological polar surface area (TPSA) is 87.7 Å². The first-order valence-corrected chi connectivity index (χ1v) is 7.75. The standard InChI is InChI=1S/C15H21N5O3/c1-19-9-11-10(14(19)21)4-3-7-20(11)15(22)17-8-12-16-6-5-13(18-12)23-2/h5-6,10-11H,3-4,7-9H2,1-2H3,(H,17,22)/t10-,11-/m1/s1. The number of fused-ring (bicyclic) bond motifs is 1. The highest BCUT2D eigenvalue weighted by Crippen LogP contribution is 2.30. The van der Waals surface area contributed by atoms with E-state index in [1.54, 1.807) is 29.1 Å². The van der Waals surface area contributed by atoms with E-state index in [0.29, 0.717) is 24.8 Å². The van der Waals surface area contributed by atoms with E-state index in [9.17, 15) is 9.59 Å². The maximum atomic E-state index is 12.5. The normalized spacial score (nSPS) is 23.7. The van der Waals surface area contributed by atoms with Gasteiger partial charge in [-0.3, -0.25) is 4.79 Å². The van der Waals surface area contributed by atoms with E-state index < -0.39 is 0 Å². The molecule has 0 aromatic carbocycles. The maximum absolute atomic E-state index is 12.5. The first-order valence-electron chi connectivity index (χ1n) is 7.75. The number of piperidine rings is 1. The zero-order valence-corrected chi connectivity index (χ0v) is 13.4. The zero-order valence-electron chi connectivity index (χ0n) is 13.4. The number of hydrogen-bond acceptors (Lipinski definition) is 5. The molecule has 8 nitrogen and oxygen atoms in total. The minimum atomic E-state index is -0.172. The number of aromatic nitrogens is 2. The number of nitrogens with one attached hydrogen (secondary N) is 1. The van der Waals surface area contributed by atoms with Gasteiger partial charge >= 0.3 is 6.03 Å². The Morgan fingerprint density at radius 1 is 1.52 bits per heavy atom. The average Bonchev–Trinajstić information content (AvgIpc) is 2.87. The van der Waals surface area contributed by atoms with Crippen molar-refractivity contribution in [1.82, 2.24) is 25.1 Å². The smallest absolute Gasteiger partial charge is 0.318 e. The molecule has 0 saturated carbocycles. The van der Waals surface area contributed by atoms with Crippen LogP contribution in [-0.4, -0.2) is 65.0 Å². The van der Waals surface area contributed by atoms with Crippen molar-refractivity contribution in [2.75, 3.05) is 27.2 Å². The van der Waals surface area contributed by atoms with Crippen molar-refractivity contribution in [3.63, 3.8) is 0 Å². The van der Waals surface area contributed by atoms with E-state index in [2.05, 4.69) is 15.3 Å². The molecule has 3 heterocycles. The van der Waals surface area contributed by atoms with E-state index in [-0.39, 0.29) is 30.4 Å². The van der Waals surface area contributed by atoms with Crippen LogP contribution < -0.4 is 10.1 Å². The van der Waals surface area contributed by atoms with Gasteiger partial charge in [0.15, 0.2) is 5.82 Å². The van der Waals surface area contributed by atoms with Crippen molar-refractivity contribution in [1.29, 1.82) is 0 Å². The van der Waals surface area contributed by atoms with Crippen LogP contribution in [-0.2, 0) is 11.3 Å². The van der Waals surface area contributed by atoms with Crippen LogP contribution in [0.1, 0.15) is 18.7 Å². The van der Waals surface area contributed by atoms with Crippen molar-refractivity contribution in [3.8, 4) is 5.88 Å². The fourth-order valence-electron chi connectivity index (χ4n) is 3.31. The molecule has 2 aliphatic rings. The fraction of sp³-hybridized carbons (Fsp3) is 0.600. The number of hydrogen-bond donors (Lipinski definition) is 1. The third kappa shape index (κ3) is 3.06. The molecule has 8 heteroatoms. The number of likely N-dealkylation sites (N-methyl/N-ethyl adjacent to an activating group) is 1. The van der Waals surface area contributed by atoms with Crippen LogP contribution in [0.3, 0.4) is 0 Å². The summed E-state index contributed by atoms with van der Waals surface area (Å²) >= 11 is 0. The minimum absolute atomic E-state index is 0.0347. The van der Waals surface area contributed by atoms with E-state index >= 15 is 0 Å². The van der Waals surface area contributed by atoms with Crippen LogP contribution in [0.4, 0.5) is 4.79 Å². The fourth-order valence-corrected chi connectivity index (χ4v) is 3.31. The molecule has 124 valence electrons. The summed E-state index contributed by atoms with van der Waals surface area (Å²) in [7, 11) is 3.33. The molecule has 0 bridgehead atoms. The number of rotatable bonds is 3. The summed E-state index contributed by atoms with van der Waals surface area (Å²) in [6.07, 6.45) is 3.30. The van der Waals surface area contributed by atoms with Crippen molar-refractivity contribution in [2.45, 2.75) is 25.4 Å². The summed E-state index contributed by atoms with van der Waals surface area (Å²) in [5.41, 5.74) is 0. The second-order valence-electron chi connectivity index (χ2n) is 5.90. The summed E-state index contributed by atoms with van der Waals surface area (Å²) in [6.45, 7) is 1.51. The number of likely N-dealkylation sites (tertiary alicyclic amines) is 2. The van der Waals surface area contributed by atoms with Gasteiger partial charge < -0.3 is 19.9 Å². The summed E-state index contributed by atoms with van der Waals surface area (Å²) < 4.78 is 5.04. The lowest BCUT2D eigenvalue weighted by Crippen LogP contribution is -2.52.